The van der Waals surface area contributed by atoms with Gasteiger partial charge in [-0.1, -0.05) is 63.9 Å². The third kappa shape index (κ3) is 4.11. The van der Waals surface area contributed by atoms with Gasteiger partial charge in [0.25, 0.3) is 0 Å². The highest BCUT2D eigenvalue weighted by atomic mass is 35.5. The van der Waals surface area contributed by atoms with E-state index in [9.17, 15) is 0 Å². The average molecular weight is 302 g/mol. The number of hydrogen-bond acceptors (Lipinski definition) is 1. The first-order valence-corrected chi connectivity index (χ1v) is 7.83. The summed E-state index contributed by atoms with van der Waals surface area (Å²) in [6.45, 7) is 11.9. The zero-order valence-electron chi connectivity index (χ0n) is 12.6. The van der Waals surface area contributed by atoms with E-state index in [1.807, 2.05) is 26.0 Å². The highest BCUT2D eigenvalue weighted by Crippen LogP contribution is 2.38. The van der Waals surface area contributed by atoms with Crippen LogP contribution in [0.25, 0.3) is 0 Å². The molecule has 0 amide bonds. The van der Waals surface area contributed by atoms with Gasteiger partial charge in [-0.25, -0.2) is 0 Å². The Morgan fingerprint density at radius 3 is 2.26 bits per heavy atom. The zero-order valence-corrected chi connectivity index (χ0v) is 14.1. The van der Waals surface area contributed by atoms with E-state index in [0.29, 0.717) is 22.0 Å². The van der Waals surface area contributed by atoms with Crippen LogP contribution in [0.4, 0.5) is 0 Å². The minimum Gasteiger partial charge on any atom is -0.313 e. The van der Waals surface area contributed by atoms with Crippen molar-refractivity contribution in [1.29, 1.82) is 0 Å². The van der Waals surface area contributed by atoms with Crippen molar-refractivity contribution >= 4 is 23.2 Å². The lowest BCUT2D eigenvalue weighted by Gasteiger charge is -2.32. The SMILES string of the molecule is CC.CC(C)(C)C1NCCC1c1ccc(Cl)c(Cl)c1. The molecule has 0 saturated carbocycles. The summed E-state index contributed by atoms with van der Waals surface area (Å²) in [6.07, 6.45) is 1.17. The van der Waals surface area contributed by atoms with Crippen LogP contribution in [0.5, 0.6) is 0 Å². The molecule has 2 rings (SSSR count). The summed E-state index contributed by atoms with van der Waals surface area (Å²) in [5.74, 6) is 0.532. The molecule has 1 aromatic carbocycles. The maximum atomic E-state index is 6.10. The predicted octanol–water partition coefficient (Wildman–Crippen LogP) is 5.51. The van der Waals surface area contributed by atoms with Gasteiger partial charge in [0, 0.05) is 12.0 Å². The Morgan fingerprint density at radius 2 is 1.74 bits per heavy atom. The van der Waals surface area contributed by atoms with Crippen molar-refractivity contribution < 1.29 is 0 Å². The first kappa shape index (κ1) is 16.8. The Morgan fingerprint density at radius 1 is 1.11 bits per heavy atom. The Hall–Kier alpha value is -0.240. The van der Waals surface area contributed by atoms with E-state index in [1.54, 1.807) is 0 Å². The van der Waals surface area contributed by atoms with Crippen molar-refractivity contribution in [2.75, 3.05) is 6.54 Å². The summed E-state index contributed by atoms with van der Waals surface area (Å²) >= 11 is 12.1. The Balaban J connectivity index is 0.000000861. The van der Waals surface area contributed by atoms with E-state index in [4.69, 9.17) is 23.2 Å². The molecule has 2 unspecified atom stereocenters. The third-order valence-corrected chi connectivity index (χ3v) is 4.27. The van der Waals surface area contributed by atoms with E-state index in [0.717, 1.165) is 6.54 Å². The van der Waals surface area contributed by atoms with Gasteiger partial charge < -0.3 is 5.32 Å². The van der Waals surface area contributed by atoms with Gasteiger partial charge in [-0.15, -0.1) is 0 Å². The molecule has 0 spiro atoms. The third-order valence-electron chi connectivity index (χ3n) is 3.53. The maximum absolute atomic E-state index is 6.10. The second-order valence-electron chi connectivity index (χ2n) is 5.87. The Bertz CT molecular complexity index is 410. The monoisotopic (exact) mass is 301 g/mol. The fourth-order valence-electron chi connectivity index (χ4n) is 2.72. The van der Waals surface area contributed by atoms with Gasteiger partial charge in [0.05, 0.1) is 10.0 Å². The molecular formula is C16H25Cl2N. The molecule has 0 bridgehead atoms. The van der Waals surface area contributed by atoms with E-state index in [-0.39, 0.29) is 5.41 Å². The number of halogens is 2. The molecule has 1 aromatic rings. The average Bonchev–Trinajstić information content (AvgIpc) is 2.84. The zero-order chi connectivity index (χ0) is 14.6. The van der Waals surface area contributed by atoms with Crippen molar-refractivity contribution in [2.24, 2.45) is 5.41 Å². The van der Waals surface area contributed by atoms with Crippen LogP contribution in [-0.4, -0.2) is 12.6 Å². The van der Waals surface area contributed by atoms with Gasteiger partial charge in [-0.2, -0.15) is 0 Å². The normalized spacial score (nSPS) is 22.9. The minimum absolute atomic E-state index is 0.257. The van der Waals surface area contributed by atoms with Crippen LogP contribution in [0.2, 0.25) is 10.0 Å². The standard InChI is InChI=1S/C14H19Cl2N.C2H6/c1-14(2,3)13-10(6-7-17-13)9-4-5-11(15)12(16)8-9;1-2/h4-5,8,10,13,17H,6-7H2,1-3H3;1-2H3. The van der Waals surface area contributed by atoms with Crippen molar-refractivity contribution in [3.63, 3.8) is 0 Å². The molecule has 1 aliphatic heterocycles. The van der Waals surface area contributed by atoms with Crippen molar-refractivity contribution in [1.82, 2.24) is 5.32 Å². The Labute approximate surface area is 127 Å². The first-order chi connectivity index (χ1) is 8.89. The molecular weight excluding hydrogens is 277 g/mol. The number of hydrogen-bond donors (Lipinski definition) is 1. The van der Waals surface area contributed by atoms with E-state index in [1.165, 1.54) is 12.0 Å². The number of rotatable bonds is 1. The molecule has 0 radical (unpaired) electrons. The largest absolute Gasteiger partial charge is 0.313 e. The second kappa shape index (κ2) is 6.97. The van der Waals surface area contributed by atoms with Crippen molar-refractivity contribution in [3.05, 3.63) is 33.8 Å². The van der Waals surface area contributed by atoms with E-state index in [2.05, 4.69) is 32.2 Å². The van der Waals surface area contributed by atoms with Crippen LogP contribution in [0.15, 0.2) is 18.2 Å². The summed E-state index contributed by atoms with van der Waals surface area (Å²) in [7, 11) is 0. The molecule has 108 valence electrons. The highest BCUT2D eigenvalue weighted by Gasteiger charge is 2.36. The molecule has 0 aliphatic carbocycles. The lowest BCUT2D eigenvalue weighted by atomic mass is 9.77. The topological polar surface area (TPSA) is 12.0 Å². The minimum atomic E-state index is 0.257. The van der Waals surface area contributed by atoms with Gasteiger partial charge >= 0.3 is 0 Å². The number of nitrogens with one attached hydrogen (secondary N) is 1. The van der Waals surface area contributed by atoms with E-state index < -0.39 is 0 Å². The van der Waals surface area contributed by atoms with Crippen LogP contribution < -0.4 is 5.32 Å². The summed E-state index contributed by atoms with van der Waals surface area (Å²) < 4.78 is 0. The van der Waals surface area contributed by atoms with Crippen molar-refractivity contribution in [2.45, 2.75) is 53.0 Å². The van der Waals surface area contributed by atoms with Gasteiger partial charge in [-0.3, -0.25) is 0 Å². The molecule has 1 N–H and O–H groups in total. The van der Waals surface area contributed by atoms with Gasteiger partial charge in [0.15, 0.2) is 0 Å². The smallest absolute Gasteiger partial charge is 0.0595 e. The highest BCUT2D eigenvalue weighted by molar-refractivity contribution is 6.42. The molecule has 0 aromatic heterocycles. The van der Waals surface area contributed by atoms with Crippen LogP contribution >= 0.6 is 23.2 Å². The van der Waals surface area contributed by atoms with Crippen LogP contribution in [0, 0.1) is 5.41 Å². The van der Waals surface area contributed by atoms with Gasteiger partial charge in [0.1, 0.15) is 0 Å². The fourth-order valence-corrected chi connectivity index (χ4v) is 3.02. The first-order valence-electron chi connectivity index (χ1n) is 7.08. The fraction of sp³-hybridized carbons (Fsp3) is 0.625. The molecule has 1 nitrogen and oxygen atoms in total. The summed E-state index contributed by atoms with van der Waals surface area (Å²) in [4.78, 5) is 0. The molecule has 19 heavy (non-hydrogen) atoms. The molecule has 1 aliphatic rings. The van der Waals surface area contributed by atoms with Gasteiger partial charge in [-0.05, 0) is 36.1 Å². The maximum Gasteiger partial charge on any atom is 0.0595 e. The summed E-state index contributed by atoms with van der Waals surface area (Å²) in [5, 5.41) is 4.89. The Kier molecular flexibility index (Phi) is 6.16. The van der Waals surface area contributed by atoms with Crippen LogP contribution in [-0.2, 0) is 0 Å². The lowest BCUT2D eigenvalue weighted by molar-refractivity contribution is 0.274. The van der Waals surface area contributed by atoms with Crippen LogP contribution in [0.3, 0.4) is 0 Å². The number of benzene rings is 1. The molecule has 3 heteroatoms. The van der Waals surface area contributed by atoms with Gasteiger partial charge in [0.2, 0.25) is 0 Å². The quantitative estimate of drug-likeness (QED) is 0.721. The lowest BCUT2D eigenvalue weighted by Crippen LogP contribution is -2.38. The van der Waals surface area contributed by atoms with Crippen molar-refractivity contribution in [3.8, 4) is 0 Å². The molecule has 1 saturated heterocycles. The predicted molar refractivity (Wildman–Crippen MR) is 86.4 cm³/mol. The molecule has 1 heterocycles. The summed E-state index contributed by atoms with van der Waals surface area (Å²) in [5.41, 5.74) is 1.55. The second-order valence-corrected chi connectivity index (χ2v) is 6.68. The van der Waals surface area contributed by atoms with Crippen LogP contribution in [0.1, 0.15) is 52.5 Å². The molecule has 1 fully saturated rings. The molecule has 2 atom stereocenters. The van der Waals surface area contributed by atoms with E-state index >= 15 is 0 Å². The summed E-state index contributed by atoms with van der Waals surface area (Å²) in [6, 6.07) is 6.52.